The van der Waals surface area contributed by atoms with Gasteiger partial charge >= 0.3 is 23.4 Å². The van der Waals surface area contributed by atoms with Gasteiger partial charge in [-0.25, -0.2) is 9.59 Å². The Morgan fingerprint density at radius 1 is 1.13 bits per heavy atom. The predicted octanol–water partition coefficient (Wildman–Crippen LogP) is 4.81. The van der Waals surface area contributed by atoms with Crippen molar-refractivity contribution in [1.82, 2.24) is 9.55 Å². The molecule has 4 atom stereocenters. The van der Waals surface area contributed by atoms with Gasteiger partial charge in [-0.1, -0.05) is 42.5 Å². The molecule has 1 saturated heterocycles. The van der Waals surface area contributed by atoms with Crippen molar-refractivity contribution in [3.8, 4) is 22.6 Å². The van der Waals surface area contributed by atoms with E-state index in [9.17, 15) is 33.6 Å². The molecule has 1 aliphatic rings. The number of benzene rings is 3. The van der Waals surface area contributed by atoms with E-state index in [1.807, 2.05) is 42.5 Å². The summed E-state index contributed by atoms with van der Waals surface area (Å²) in [6.07, 6.45) is -7.34. The van der Waals surface area contributed by atoms with Crippen LogP contribution in [0, 0.1) is 10.1 Å². The number of aliphatic hydroxyl groups excluding tert-OH is 2. The van der Waals surface area contributed by atoms with Crippen LogP contribution >= 0.6 is 0 Å². The molecular weight excluding hydrogens is 598 g/mol. The molecule has 3 aromatic carbocycles. The van der Waals surface area contributed by atoms with Crippen molar-refractivity contribution in [2.75, 3.05) is 11.9 Å². The van der Waals surface area contributed by atoms with E-state index in [0.29, 0.717) is 15.9 Å². The average molecular weight is 625 g/mol. The molecule has 13 nitrogen and oxygen atoms in total. The number of nitrogens with one attached hydrogen (secondary N) is 1. The second-order valence-corrected chi connectivity index (χ2v) is 9.98. The largest absolute Gasteiger partial charge is 0.450 e. The highest BCUT2D eigenvalue weighted by Gasteiger charge is 2.59. The zero-order valence-electron chi connectivity index (χ0n) is 23.4. The van der Waals surface area contributed by atoms with Gasteiger partial charge in [0.05, 0.1) is 11.5 Å². The minimum absolute atomic E-state index is 0.0921. The number of halogens is 2. The van der Waals surface area contributed by atoms with E-state index < -0.39 is 53.8 Å². The molecule has 0 radical (unpaired) electrons. The number of nitro benzene ring substituents is 1. The van der Waals surface area contributed by atoms with E-state index in [4.69, 9.17) is 19.3 Å². The molecule has 0 bridgehead atoms. The lowest BCUT2D eigenvalue weighted by Gasteiger charge is -2.21. The first kappa shape index (κ1) is 31.2. The molecule has 1 aromatic heterocycles. The Hall–Kier alpha value is -5.25. The van der Waals surface area contributed by atoms with Crippen LogP contribution in [-0.2, 0) is 9.47 Å². The Morgan fingerprint density at radius 2 is 1.82 bits per heavy atom. The lowest BCUT2D eigenvalue weighted by atomic mass is 10.1. The monoisotopic (exact) mass is 624 g/mol. The summed E-state index contributed by atoms with van der Waals surface area (Å²) in [6, 6.07) is 21.5. The van der Waals surface area contributed by atoms with Gasteiger partial charge in [-0.3, -0.25) is 20.0 Å². The van der Waals surface area contributed by atoms with E-state index >= 15 is 0 Å². The van der Waals surface area contributed by atoms with Crippen LogP contribution in [0.15, 0.2) is 89.9 Å². The van der Waals surface area contributed by atoms with Crippen molar-refractivity contribution >= 4 is 17.6 Å². The zero-order valence-corrected chi connectivity index (χ0v) is 23.4. The highest BCUT2D eigenvalue weighted by Crippen LogP contribution is 2.42. The Kier molecular flexibility index (Phi) is 8.85. The SMILES string of the molecule is CC(OC(=O)Nc1ccn(C2OC(CO)C(O)C2(F)F)c(=O)n1)c1ccc([N+](=O)[O-])c(Oc2ccc(-c3ccccc3)cc2)c1. The normalized spacial score (nSPS) is 19.4. The minimum atomic E-state index is -3.90. The van der Waals surface area contributed by atoms with Crippen molar-refractivity contribution in [3.63, 3.8) is 0 Å². The fraction of sp³-hybridized carbons (Fsp3) is 0.233. The topological polar surface area (TPSA) is 175 Å². The first-order valence-electron chi connectivity index (χ1n) is 13.5. The fourth-order valence-corrected chi connectivity index (χ4v) is 4.63. The van der Waals surface area contributed by atoms with Crippen LogP contribution in [0.1, 0.15) is 24.8 Å². The van der Waals surface area contributed by atoms with E-state index in [1.54, 1.807) is 12.1 Å². The minimum Gasteiger partial charge on any atom is -0.450 e. The number of nitrogens with zero attached hydrogens (tertiary/aromatic N) is 3. The third kappa shape index (κ3) is 6.64. The number of carbonyl (C=O) groups is 1. The number of rotatable bonds is 9. The molecule has 1 fully saturated rings. The number of anilines is 1. The molecule has 3 N–H and O–H groups in total. The van der Waals surface area contributed by atoms with Crippen LogP contribution in [0.4, 0.5) is 25.1 Å². The molecule has 0 aliphatic carbocycles. The summed E-state index contributed by atoms with van der Waals surface area (Å²) in [4.78, 5) is 39.6. The number of aliphatic hydroxyl groups is 2. The van der Waals surface area contributed by atoms with Crippen LogP contribution < -0.4 is 15.7 Å². The van der Waals surface area contributed by atoms with Gasteiger partial charge in [0.25, 0.3) is 0 Å². The second-order valence-electron chi connectivity index (χ2n) is 9.98. The quantitative estimate of drug-likeness (QED) is 0.173. The maximum Gasteiger partial charge on any atom is 0.413 e. The lowest BCUT2D eigenvalue weighted by Crippen LogP contribution is -2.41. The third-order valence-corrected chi connectivity index (χ3v) is 7.00. The molecule has 0 spiro atoms. The van der Waals surface area contributed by atoms with Gasteiger partial charge in [-0.15, -0.1) is 0 Å². The summed E-state index contributed by atoms with van der Waals surface area (Å²) in [5.41, 5.74) is 0.697. The molecule has 45 heavy (non-hydrogen) atoms. The number of ether oxygens (including phenoxy) is 3. The van der Waals surface area contributed by atoms with E-state index in [2.05, 4.69) is 10.3 Å². The van der Waals surface area contributed by atoms with Gasteiger partial charge in [-0.05, 0) is 53.9 Å². The molecule has 234 valence electrons. The second kappa shape index (κ2) is 12.8. The van der Waals surface area contributed by atoms with Crippen LogP contribution in [0.3, 0.4) is 0 Å². The molecule has 1 aliphatic heterocycles. The smallest absolute Gasteiger partial charge is 0.413 e. The van der Waals surface area contributed by atoms with Crippen molar-refractivity contribution in [2.45, 2.75) is 37.4 Å². The summed E-state index contributed by atoms with van der Waals surface area (Å²) in [5, 5.41) is 32.7. The van der Waals surface area contributed by atoms with Crippen LogP contribution in [-0.4, -0.2) is 55.5 Å². The molecule has 4 aromatic rings. The fourth-order valence-electron chi connectivity index (χ4n) is 4.63. The van der Waals surface area contributed by atoms with Crippen molar-refractivity contribution in [3.05, 3.63) is 111 Å². The van der Waals surface area contributed by atoms with E-state index in [1.165, 1.54) is 25.1 Å². The summed E-state index contributed by atoms with van der Waals surface area (Å²) < 4.78 is 45.3. The third-order valence-electron chi connectivity index (χ3n) is 7.00. The molecular formula is C30H26F2N4O9. The maximum absolute atomic E-state index is 14.4. The number of amides is 1. The molecule has 4 unspecified atom stereocenters. The van der Waals surface area contributed by atoms with Crippen molar-refractivity contribution in [1.29, 1.82) is 0 Å². The van der Waals surface area contributed by atoms with Gasteiger partial charge < -0.3 is 24.4 Å². The Labute approximate surface area is 253 Å². The number of carbonyl (C=O) groups excluding carboxylic acids is 1. The van der Waals surface area contributed by atoms with Crippen LogP contribution in [0.2, 0.25) is 0 Å². The Morgan fingerprint density at radius 3 is 2.44 bits per heavy atom. The summed E-state index contributed by atoms with van der Waals surface area (Å²) >= 11 is 0. The Balaban J connectivity index is 1.26. The molecule has 15 heteroatoms. The first-order valence-corrected chi connectivity index (χ1v) is 13.5. The maximum atomic E-state index is 14.4. The van der Waals surface area contributed by atoms with Crippen molar-refractivity contribution < 1.29 is 42.9 Å². The molecule has 0 saturated carbocycles. The standard InChI is InChI=1S/C30H26F2N4O9/c1-17(43-29(40)34-25-13-14-35(28(39)33-25)27-30(31,32)26(38)24(16-37)45-27)20-9-12-22(36(41)42)23(15-20)44-21-10-7-19(8-11-21)18-5-3-2-4-6-18/h2-15,17,24,26-27,37-38H,16H2,1H3,(H,33,34,39,40). The van der Waals surface area contributed by atoms with Crippen LogP contribution in [0.25, 0.3) is 11.1 Å². The van der Waals surface area contributed by atoms with E-state index in [0.717, 1.165) is 23.4 Å². The Bertz CT molecular complexity index is 1750. The number of hydrogen-bond acceptors (Lipinski definition) is 10. The highest BCUT2D eigenvalue weighted by molar-refractivity contribution is 5.83. The van der Waals surface area contributed by atoms with Gasteiger partial charge in [0.2, 0.25) is 12.0 Å². The molecule has 2 heterocycles. The van der Waals surface area contributed by atoms with Gasteiger partial charge in [0, 0.05) is 12.3 Å². The highest BCUT2D eigenvalue weighted by atomic mass is 19.3. The summed E-state index contributed by atoms with van der Waals surface area (Å²) in [7, 11) is 0. The summed E-state index contributed by atoms with van der Waals surface area (Å²) in [5.74, 6) is -3.99. The number of aromatic nitrogens is 2. The molecule has 1 amide bonds. The van der Waals surface area contributed by atoms with Gasteiger partial charge in [-0.2, -0.15) is 13.8 Å². The average Bonchev–Trinajstić information content (AvgIpc) is 3.25. The number of nitro groups is 1. The van der Waals surface area contributed by atoms with Gasteiger partial charge in [0.1, 0.15) is 23.8 Å². The van der Waals surface area contributed by atoms with E-state index in [-0.39, 0.29) is 17.3 Å². The van der Waals surface area contributed by atoms with Crippen molar-refractivity contribution in [2.24, 2.45) is 0 Å². The lowest BCUT2D eigenvalue weighted by molar-refractivity contribution is -0.385. The number of hydrogen-bond donors (Lipinski definition) is 3. The van der Waals surface area contributed by atoms with Gasteiger partial charge in [0.15, 0.2) is 6.10 Å². The zero-order chi connectivity index (χ0) is 32.3. The van der Waals surface area contributed by atoms with Crippen LogP contribution in [0.5, 0.6) is 11.5 Å². The first-order chi connectivity index (χ1) is 21.5. The summed E-state index contributed by atoms with van der Waals surface area (Å²) in [6.45, 7) is 0.594. The predicted molar refractivity (Wildman–Crippen MR) is 154 cm³/mol. The number of alkyl halides is 2. The molecule has 5 rings (SSSR count).